The molecular weight excluding hydrogens is 329 g/mol. The van der Waals surface area contributed by atoms with Crippen LogP contribution in [0.5, 0.6) is 0 Å². The number of benzene rings is 2. The molecule has 0 N–H and O–H groups in total. The first-order chi connectivity index (χ1) is 12.6. The van der Waals surface area contributed by atoms with Gasteiger partial charge in [0.1, 0.15) is 5.82 Å². The highest BCUT2D eigenvalue weighted by Crippen LogP contribution is 2.21. The van der Waals surface area contributed by atoms with E-state index in [0.717, 1.165) is 11.3 Å². The van der Waals surface area contributed by atoms with E-state index in [0.29, 0.717) is 16.8 Å². The van der Waals surface area contributed by atoms with Crippen molar-refractivity contribution in [3.8, 4) is 6.07 Å². The number of amides is 1. The van der Waals surface area contributed by atoms with Crippen LogP contribution in [-0.2, 0) is 6.54 Å². The second kappa shape index (κ2) is 7.58. The van der Waals surface area contributed by atoms with E-state index in [9.17, 15) is 9.18 Å². The molecule has 0 saturated heterocycles. The summed E-state index contributed by atoms with van der Waals surface area (Å²) in [4.78, 5) is 18.9. The number of aromatic nitrogens is 1. The minimum Gasteiger partial charge on any atom is -0.304 e. The topological polar surface area (TPSA) is 57.0 Å². The van der Waals surface area contributed by atoms with Crippen LogP contribution >= 0.6 is 0 Å². The highest BCUT2D eigenvalue weighted by Gasteiger charge is 2.19. The molecule has 0 aliphatic carbocycles. The van der Waals surface area contributed by atoms with Gasteiger partial charge >= 0.3 is 0 Å². The maximum absolute atomic E-state index is 13.3. The molecule has 3 rings (SSSR count). The zero-order chi connectivity index (χ0) is 18.5. The van der Waals surface area contributed by atoms with Gasteiger partial charge in [0.2, 0.25) is 0 Å². The van der Waals surface area contributed by atoms with Gasteiger partial charge in [-0.1, -0.05) is 12.1 Å². The molecule has 0 radical (unpaired) electrons. The van der Waals surface area contributed by atoms with Crippen LogP contribution in [-0.4, -0.2) is 10.9 Å². The molecule has 5 heteroatoms. The third-order valence-corrected chi connectivity index (χ3v) is 3.94. The zero-order valence-corrected chi connectivity index (χ0v) is 14.2. The fourth-order valence-corrected chi connectivity index (χ4v) is 2.55. The van der Waals surface area contributed by atoms with Gasteiger partial charge < -0.3 is 4.90 Å². The minimum atomic E-state index is -0.371. The fraction of sp³-hybridized carbons (Fsp3) is 0.0952. The van der Waals surface area contributed by atoms with Crippen molar-refractivity contribution in [2.24, 2.45) is 0 Å². The number of carbonyl (C=O) groups excluding carboxylic acids is 1. The summed E-state index contributed by atoms with van der Waals surface area (Å²) in [5, 5.41) is 9.07. The maximum Gasteiger partial charge on any atom is 0.258 e. The second-order valence-electron chi connectivity index (χ2n) is 5.87. The lowest BCUT2D eigenvalue weighted by atomic mass is 10.1. The number of hydrogen-bond donors (Lipinski definition) is 0. The van der Waals surface area contributed by atoms with E-state index in [-0.39, 0.29) is 18.3 Å². The molecular formula is C21H16FN3O. The first kappa shape index (κ1) is 17.3. The molecule has 0 spiro atoms. The van der Waals surface area contributed by atoms with Gasteiger partial charge in [0.05, 0.1) is 18.2 Å². The third-order valence-electron chi connectivity index (χ3n) is 3.94. The Kier molecular flexibility index (Phi) is 5.04. The summed E-state index contributed by atoms with van der Waals surface area (Å²) in [6.45, 7) is 2.18. The molecule has 1 aromatic heterocycles. The van der Waals surface area contributed by atoms with E-state index in [1.54, 1.807) is 47.5 Å². The highest BCUT2D eigenvalue weighted by molar-refractivity contribution is 6.06. The van der Waals surface area contributed by atoms with Gasteiger partial charge in [-0.2, -0.15) is 5.26 Å². The molecule has 26 heavy (non-hydrogen) atoms. The lowest BCUT2D eigenvalue weighted by Crippen LogP contribution is -2.30. The van der Waals surface area contributed by atoms with Gasteiger partial charge in [-0.25, -0.2) is 4.39 Å². The average molecular weight is 345 g/mol. The molecule has 3 aromatic rings. The molecule has 0 saturated carbocycles. The summed E-state index contributed by atoms with van der Waals surface area (Å²) in [7, 11) is 0. The monoisotopic (exact) mass is 345 g/mol. The summed E-state index contributed by atoms with van der Waals surface area (Å²) in [5.74, 6) is -0.640. The Morgan fingerprint density at radius 2 is 1.92 bits per heavy atom. The quantitative estimate of drug-likeness (QED) is 0.710. The maximum atomic E-state index is 13.3. The van der Waals surface area contributed by atoms with E-state index >= 15 is 0 Å². The number of nitrogens with zero attached hydrogens (tertiary/aromatic N) is 3. The smallest absolute Gasteiger partial charge is 0.258 e. The first-order valence-electron chi connectivity index (χ1n) is 8.06. The number of anilines is 1. The molecule has 0 fully saturated rings. The standard InChI is InChI=1S/C21H16FN3O/c1-15-5-6-17(13-24-15)14-25(20-9-7-19(22)8-10-20)21(26)18-4-2-3-16(11-18)12-23/h2-11,13H,14H2,1H3. The minimum absolute atomic E-state index is 0.269. The van der Waals surface area contributed by atoms with Crippen molar-refractivity contribution < 1.29 is 9.18 Å². The molecule has 4 nitrogen and oxygen atoms in total. The highest BCUT2D eigenvalue weighted by atomic mass is 19.1. The number of carbonyl (C=O) groups is 1. The molecule has 0 bridgehead atoms. The number of aryl methyl sites for hydroxylation is 1. The predicted octanol–water partition coefficient (Wildman–Crippen LogP) is 4.25. The summed E-state index contributed by atoms with van der Waals surface area (Å²) >= 11 is 0. The summed E-state index contributed by atoms with van der Waals surface area (Å²) in [5.41, 5.74) is 3.11. The van der Waals surface area contributed by atoms with Crippen LogP contribution in [0.4, 0.5) is 10.1 Å². The van der Waals surface area contributed by atoms with Gasteiger partial charge in [0.15, 0.2) is 0 Å². The van der Waals surface area contributed by atoms with E-state index < -0.39 is 0 Å². The summed E-state index contributed by atoms with van der Waals surface area (Å²) in [6.07, 6.45) is 1.71. The lowest BCUT2D eigenvalue weighted by Gasteiger charge is -2.23. The molecule has 1 heterocycles. The van der Waals surface area contributed by atoms with Crippen molar-refractivity contribution in [3.63, 3.8) is 0 Å². The fourth-order valence-electron chi connectivity index (χ4n) is 2.55. The predicted molar refractivity (Wildman–Crippen MR) is 97.0 cm³/mol. The van der Waals surface area contributed by atoms with Gasteiger partial charge in [0, 0.05) is 23.1 Å². The van der Waals surface area contributed by atoms with Gasteiger partial charge in [0.25, 0.3) is 5.91 Å². The second-order valence-corrected chi connectivity index (χ2v) is 5.87. The van der Waals surface area contributed by atoms with Crippen LogP contribution < -0.4 is 4.90 Å². The van der Waals surface area contributed by atoms with Crippen LogP contribution in [0, 0.1) is 24.1 Å². The van der Waals surface area contributed by atoms with Crippen LogP contribution in [0.25, 0.3) is 0 Å². The van der Waals surface area contributed by atoms with Crippen LogP contribution in [0.15, 0.2) is 66.9 Å². The van der Waals surface area contributed by atoms with Crippen LogP contribution in [0.2, 0.25) is 0 Å². The van der Waals surface area contributed by atoms with Crippen LogP contribution in [0.1, 0.15) is 27.2 Å². The number of pyridine rings is 1. The van der Waals surface area contributed by atoms with Crippen molar-refractivity contribution in [2.45, 2.75) is 13.5 Å². The molecule has 0 aliphatic rings. The third kappa shape index (κ3) is 3.93. The largest absolute Gasteiger partial charge is 0.304 e. The van der Waals surface area contributed by atoms with Crippen molar-refractivity contribution in [1.29, 1.82) is 5.26 Å². The van der Waals surface area contributed by atoms with E-state index in [4.69, 9.17) is 5.26 Å². The number of rotatable bonds is 4. The Morgan fingerprint density at radius 1 is 1.15 bits per heavy atom. The zero-order valence-electron chi connectivity index (χ0n) is 14.2. The molecule has 2 aromatic carbocycles. The van der Waals surface area contributed by atoms with E-state index in [2.05, 4.69) is 4.98 Å². The number of halogens is 1. The van der Waals surface area contributed by atoms with Crippen LogP contribution in [0.3, 0.4) is 0 Å². The Balaban J connectivity index is 1.98. The normalized spacial score (nSPS) is 10.2. The summed E-state index contributed by atoms with van der Waals surface area (Å²) in [6, 6.07) is 18.1. The average Bonchev–Trinajstić information content (AvgIpc) is 2.68. The Bertz CT molecular complexity index is 960. The summed E-state index contributed by atoms with van der Waals surface area (Å²) < 4.78 is 13.3. The van der Waals surface area contributed by atoms with Crippen molar-refractivity contribution in [2.75, 3.05) is 4.90 Å². The molecule has 0 unspecified atom stereocenters. The molecule has 128 valence electrons. The molecule has 0 atom stereocenters. The number of nitriles is 1. The first-order valence-corrected chi connectivity index (χ1v) is 8.06. The molecule has 1 amide bonds. The Hall–Kier alpha value is -3.52. The van der Waals surface area contributed by atoms with E-state index in [1.165, 1.54) is 12.1 Å². The number of hydrogen-bond acceptors (Lipinski definition) is 3. The van der Waals surface area contributed by atoms with Gasteiger partial charge in [-0.15, -0.1) is 0 Å². The Labute approximate surface area is 151 Å². The Morgan fingerprint density at radius 3 is 2.58 bits per heavy atom. The van der Waals surface area contributed by atoms with Crippen molar-refractivity contribution in [1.82, 2.24) is 4.98 Å². The SMILES string of the molecule is Cc1ccc(CN(C(=O)c2cccc(C#N)c2)c2ccc(F)cc2)cn1. The van der Waals surface area contributed by atoms with Gasteiger partial charge in [-0.05, 0) is 61.0 Å². The molecule has 0 aliphatic heterocycles. The lowest BCUT2D eigenvalue weighted by molar-refractivity contribution is 0.0985. The van der Waals surface area contributed by atoms with Crippen molar-refractivity contribution >= 4 is 11.6 Å². The van der Waals surface area contributed by atoms with E-state index in [1.807, 2.05) is 25.1 Å². The van der Waals surface area contributed by atoms with Crippen molar-refractivity contribution in [3.05, 3.63) is 95.1 Å². The van der Waals surface area contributed by atoms with Gasteiger partial charge in [-0.3, -0.25) is 9.78 Å².